The van der Waals surface area contributed by atoms with E-state index in [1.165, 1.54) is 0 Å². The maximum Gasteiger partial charge on any atom is 0.272 e. The van der Waals surface area contributed by atoms with Gasteiger partial charge in [-0.2, -0.15) is 5.10 Å². The maximum absolute atomic E-state index is 12.0. The molecule has 2 aromatic rings. The number of aryl methyl sites for hydroxylation is 2. The number of rotatable bonds is 2. The van der Waals surface area contributed by atoms with Crippen LogP contribution in [0, 0.1) is 6.92 Å². The summed E-state index contributed by atoms with van der Waals surface area (Å²) in [6.45, 7) is 1.87. The van der Waals surface area contributed by atoms with E-state index in [-0.39, 0.29) is 11.9 Å². The average Bonchev–Trinajstić information content (AvgIpc) is 2.97. The van der Waals surface area contributed by atoms with Crippen LogP contribution < -0.4 is 5.32 Å². The number of hydrogen-bond donors (Lipinski definition) is 2. The van der Waals surface area contributed by atoms with Gasteiger partial charge in [-0.25, -0.2) is 0 Å². The van der Waals surface area contributed by atoms with Crippen LogP contribution in [0.1, 0.15) is 46.4 Å². The van der Waals surface area contributed by atoms with E-state index in [0.29, 0.717) is 5.69 Å². The Morgan fingerprint density at radius 3 is 3.28 bits per heavy atom. The summed E-state index contributed by atoms with van der Waals surface area (Å²) in [7, 11) is 0. The van der Waals surface area contributed by atoms with Gasteiger partial charge in [0.05, 0.1) is 12.3 Å². The second kappa shape index (κ2) is 4.33. The van der Waals surface area contributed by atoms with Crippen LogP contribution in [-0.2, 0) is 6.42 Å². The molecule has 3 rings (SSSR count). The molecule has 0 bridgehead atoms. The molecule has 5 nitrogen and oxygen atoms in total. The van der Waals surface area contributed by atoms with Crippen molar-refractivity contribution in [3.63, 3.8) is 0 Å². The Labute approximate surface area is 105 Å². The van der Waals surface area contributed by atoms with Crippen LogP contribution in [0.4, 0.5) is 0 Å². The summed E-state index contributed by atoms with van der Waals surface area (Å²) < 4.78 is 5.40. The lowest BCUT2D eigenvalue weighted by atomic mass is 9.93. The third-order valence-electron chi connectivity index (χ3n) is 3.30. The van der Waals surface area contributed by atoms with Crippen molar-refractivity contribution < 1.29 is 9.21 Å². The zero-order valence-electron chi connectivity index (χ0n) is 10.2. The Bertz CT molecular complexity index is 570. The number of carbonyl (C=O) groups is 1. The molecule has 0 spiro atoms. The van der Waals surface area contributed by atoms with E-state index < -0.39 is 0 Å². The number of furan rings is 1. The van der Waals surface area contributed by atoms with Crippen molar-refractivity contribution in [2.75, 3.05) is 0 Å². The van der Waals surface area contributed by atoms with Crippen LogP contribution >= 0.6 is 0 Å². The number of H-pyrrole nitrogens is 1. The van der Waals surface area contributed by atoms with Crippen LogP contribution in [0.15, 0.2) is 22.8 Å². The van der Waals surface area contributed by atoms with Gasteiger partial charge in [-0.05, 0) is 31.9 Å². The van der Waals surface area contributed by atoms with E-state index >= 15 is 0 Å². The van der Waals surface area contributed by atoms with Gasteiger partial charge in [0, 0.05) is 17.7 Å². The molecule has 1 amide bonds. The first-order valence-electron chi connectivity index (χ1n) is 6.13. The zero-order chi connectivity index (χ0) is 12.5. The number of nitrogens with one attached hydrogen (secondary N) is 2. The highest BCUT2D eigenvalue weighted by molar-refractivity contribution is 5.92. The number of nitrogens with zero attached hydrogens (tertiary/aromatic N) is 1. The van der Waals surface area contributed by atoms with Gasteiger partial charge in [0.2, 0.25) is 0 Å². The molecule has 0 radical (unpaired) electrons. The van der Waals surface area contributed by atoms with Gasteiger partial charge >= 0.3 is 0 Å². The van der Waals surface area contributed by atoms with E-state index in [1.807, 2.05) is 13.0 Å². The van der Waals surface area contributed by atoms with Crippen molar-refractivity contribution in [1.82, 2.24) is 15.5 Å². The smallest absolute Gasteiger partial charge is 0.272 e. The van der Waals surface area contributed by atoms with Crippen molar-refractivity contribution in [1.29, 1.82) is 0 Å². The molecular formula is C13H15N3O2. The largest absolute Gasteiger partial charge is 0.469 e. The fraction of sp³-hybridized carbons (Fsp3) is 0.385. The number of aromatic amines is 1. The molecule has 1 unspecified atom stereocenters. The summed E-state index contributed by atoms with van der Waals surface area (Å²) in [4.78, 5) is 12.0. The molecular weight excluding hydrogens is 230 g/mol. The van der Waals surface area contributed by atoms with Crippen molar-refractivity contribution in [3.8, 4) is 0 Å². The minimum absolute atomic E-state index is 0.0389. The predicted molar refractivity (Wildman–Crippen MR) is 65.2 cm³/mol. The summed E-state index contributed by atoms with van der Waals surface area (Å²) in [5.74, 6) is 0.850. The van der Waals surface area contributed by atoms with Crippen molar-refractivity contribution >= 4 is 5.91 Å². The summed E-state index contributed by atoms with van der Waals surface area (Å²) in [5, 5.41) is 9.75. The molecule has 0 fully saturated rings. The highest BCUT2D eigenvalue weighted by Crippen LogP contribution is 2.30. The van der Waals surface area contributed by atoms with Crippen molar-refractivity contribution in [2.45, 2.75) is 32.2 Å². The van der Waals surface area contributed by atoms with E-state index in [4.69, 9.17) is 4.42 Å². The number of amides is 1. The Morgan fingerprint density at radius 2 is 2.50 bits per heavy atom. The fourth-order valence-corrected chi connectivity index (χ4v) is 2.40. The van der Waals surface area contributed by atoms with Crippen LogP contribution in [-0.4, -0.2) is 16.1 Å². The Morgan fingerprint density at radius 1 is 1.61 bits per heavy atom. The molecule has 2 N–H and O–H groups in total. The van der Waals surface area contributed by atoms with Crippen LogP contribution in [0.3, 0.4) is 0 Å². The van der Waals surface area contributed by atoms with Gasteiger partial charge in [-0.3, -0.25) is 9.89 Å². The topological polar surface area (TPSA) is 70.9 Å². The summed E-state index contributed by atoms with van der Waals surface area (Å²) in [6.07, 6.45) is 4.62. The second-order valence-electron chi connectivity index (χ2n) is 4.65. The van der Waals surface area contributed by atoms with Gasteiger partial charge in [-0.15, -0.1) is 0 Å². The Balaban J connectivity index is 1.77. The number of fused-ring (bicyclic) bond motifs is 1. The first kappa shape index (κ1) is 11.1. The average molecular weight is 245 g/mol. The quantitative estimate of drug-likeness (QED) is 0.851. The lowest BCUT2D eigenvalue weighted by Gasteiger charge is -2.22. The number of hydrogen-bond acceptors (Lipinski definition) is 3. The molecule has 0 aromatic carbocycles. The first-order chi connectivity index (χ1) is 8.74. The SMILES string of the molecule is Cc1cc(C(=O)NC2CCCc3occc32)n[nH]1. The molecule has 2 aromatic heterocycles. The lowest BCUT2D eigenvalue weighted by molar-refractivity contribution is 0.0927. The fourth-order valence-electron chi connectivity index (χ4n) is 2.40. The van der Waals surface area contributed by atoms with Gasteiger partial charge in [-0.1, -0.05) is 0 Å². The van der Waals surface area contributed by atoms with Gasteiger partial charge in [0.1, 0.15) is 11.5 Å². The molecule has 1 aliphatic rings. The number of aromatic nitrogens is 2. The van der Waals surface area contributed by atoms with Crippen LogP contribution in [0.25, 0.3) is 0 Å². The molecule has 5 heteroatoms. The van der Waals surface area contributed by atoms with E-state index in [2.05, 4.69) is 15.5 Å². The predicted octanol–water partition coefficient (Wildman–Crippen LogP) is 2.12. The Kier molecular flexibility index (Phi) is 2.66. The molecule has 1 aliphatic carbocycles. The molecule has 1 atom stereocenters. The Hall–Kier alpha value is -2.04. The molecule has 0 aliphatic heterocycles. The van der Waals surface area contributed by atoms with Gasteiger partial charge in [0.25, 0.3) is 5.91 Å². The summed E-state index contributed by atoms with van der Waals surface area (Å²) in [5.41, 5.74) is 2.41. The van der Waals surface area contributed by atoms with Crippen molar-refractivity contribution in [3.05, 3.63) is 41.1 Å². The van der Waals surface area contributed by atoms with Gasteiger partial charge in [0.15, 0.2) is 0 Å². The molecule has 0 saturated heterocycles. The molecule has 94 valence electrons. The second-order valence-corrected chi connectivity index (χ2v) is 4.65. The highest BCUT2D eigenvalue weighted by atomic mass is 16.3. The minimum Gasteiger partial charge on any atom is -0.469 e. The van der Waals surface area contributed by atoms with Gasteiger partial charge < -0.3 is 9.73 Å². The first-order valence-corrected chi connectivity index (χ1v) is 6.13. The highest BCUT2D eigenvalue weighted by Gasteiger charge is 2.24. The lowest BCUT2D eigenvalue weighted by Crippen LogP contribution is -2.30. The standard InChI is InChI=1S/C13H15N3O2/c1-8-7-11(16-15-8)13(17)14-10-3-2-4-12-9(10)5-6-18-12/h5-7,10H,2-4H2,1H3,(H,14,17)(H,15,16). The van der Waals surface area contributed by atoms with Crippen molar-refractivity contribution in [2.24, 2.45) is 0 Å². The van der Waals surface area contributed by atoms with E-state index in [1.54, 1.807) is 12.3 Å². The normalized spacial score (nSPS) is 18.4. The third kappa shape index (κ3) is 1.92. The zero-order valence-corrected chi connectivity index (χ0v) is 10.2. The van der Waals surface area contributed by atoms with E-state index in [9.17, 15) is 4.79 Å². The van der Waals surface area contributed by atoms with Crippen LogP contribution in [0.2, 0.25) is 0 Å². The maximum atomic E-state index is 12.0. The third-order valence-corrected chi connectivity index (χ3v) is 3.30. The monoisotopic (exact) mass is 245 g/mol. The molecule has 0 saturated carbocycles. The molecule has 2 heterocycles. The minimum atomic E-state index is -0.140. The summed E-state index contributed by atoms with van der Waals surface area (Å²) in [6, 6.07) is 3.72. The molecule has 18 heavy (non-hydrogen) atoms. The number of carbonyl (C=O) groups excluding carboxylic acids is 1. The summed E-state index contributed by atoms with van der Waals surface area (Å²) >= 11 is 0. The van der Waals surface area contributed by atoms with E-state index in [0.717, 1.165) is 36.3 Å². The van der Waals surface area contributed by atoms with Crippen LogP contribution in [0.5, 0.6) is 0 Å².